The zero-order valence-electron chi connectivity index (χ0n) is 51.2. The van der Waals surface area contributed by atoms with E-state index in [1.807, 2.05) is 119 Å². The van der Waals surface area contributed by atoms with Gasteiger partial charge in [-0.25, -0.2) is 0 Å². The standard InChI is InChI=1S/3C15H22O3.C15H30OS.C5H12O4/c3*1-9(2)12-7-11(5-6-14(16)17)8-13(10(3)4)15(12)18;1-2-3-4-5-6-7-8-9-10-11-12-13-14-15(16)17;6-1-5(2-7,3-8)4-9/h3*7-10,18H,5-6H2,1-4H3,(H,16,17);2-14H2,1H3,(H,16,17);6-9H,1-4H2. The van der Waals surface area contributed by atoms with Crippen LogP contribution in [0.15, 0.2) is 36.4 Å². The number of aromatic hydroxyl groups is 3. The monoisotopic (exact) mass is 1140 g/mol. The third kappa shape index (κ3) is 32.6. The fourth-order valence-electron chi connectivity index (χ4n) is 8.48. The quantitative estimate of drug-likeness (QED) is 0.0205. The lowest BCUT2D eigenvalue weighted by atomic mass is 9.90. The zero-order chi connectivity index (χ0) is 61.7. The van der Waals surface area contributed by atoms with Crippen LogP contribution >= 0.6 is 12.2 Å². The molecule has 0 heterocycles. The van der Waals surface area contributed by atoms with Gasteiger partial charge in [0.1, 0.15) is 17.2 Å². The van der Waals surface area contributed by atoms with E-state index >= 15 is 0 Å². The molecule has 3 aromatic rings. The van der Waals surface area contributed by atoms with Gasteiger partial charge in [-0.05, 0) is 123 Å². The second-order valence-electron chi connectivity index (χ2n) is 23.1. The van der Waals surface area contributed by atoms with Crippen molar-refractivity contribution in [1.82, 2.24) is 0 Å². The Morgan fingerprint density at radius 2 is 0.575 bits per heavy atom. The molecule has 0 saturated carbocycles. The molecular formula is C65H108O14S. The summed E-state index contributed by atoms with van der Waals surface area (Å²) in [4.78, 5) is 31.9. The van der Waals surface area contributed by atoms with Gasteiger partial charge in [0, 0.05) is 25.7 Å². The van der Waals surface area contributed by atoms with E-state index in [-0.39, 0.29) is 59.8 Å². The second-order valence-corrected chi connectivity index (χ2v) is 23.6. The second kappa shape index (κ2) is 43.0. The smallest absolute Gasteiger partial charge is 0.303 e. The summed E-state index contributed by atoms with van der Waals surface area (Å²) < 4.78 is 0. The molecule has 0 unspecified atom stereocenters. The van der Waals surface area contributed by atoms with E-state index < -0.39 is 49.8 Å². The van der Waals surface area contributed by atoms with Crippen LogP contribution in [-0.2, 0) is 33.6 Å². The van der Waals surface area contributed by atoms with Crippen LogP contribution < -0.4 is 0 Å². The van der Waals surface area contributed by atoms with Crippen LogP contribution in [-0.4, -0.2) is 106 Å². The molecule has 0 fully saturated rings. The summed E-state index contributed by atoms with van der Waals surface area (Å²) >= 11 is 4.63. The maximum absolute atomic E-state index is 10.6. The minimum Gasteiger partial charge on any atom is -0.507 e. The molecule has 3 aromatic carbocycles. The van der Waals surface area contributed by atoms with E-state index in [0.717, 1.165) is 56.5 Å². The van der Waals surface area contributed by atoms with Crippen LogP contribution in [0.2, 0.25) is 0 Å². The van der Waals surface area contributed by atoms with Gasteiger partial charge in [0.25, 0.3) is 0 Å². The van der Waals surface area contributed by atoms with Crippen LogP contribution in [0.4, 0.5) is 0 Å². The van der Waals surface area contributed by atoms with Gasteiger partial charge in [0.15, 0.2) is 5.05 Å². The van der Waals surface area contributed by atoms with Crippen molar-refractivity contribution in [3.63, 3.8) is 0 Å². The SMILES string of the molecule is CC(C)c1cc(CCC(=O)O)cc(C(C)C)c1O.CC(C)c1cc(CCC(=O)O)cc(C(C)C)c1O.CC(C)c1cc(CCC(=O)O)cc(C(C)C)c1O.CCCCCCCCCCCCCCC(O)=S.OCC(CO)(CO)CO. The number of phenolic OH excluding ortho intramolecular Hbond substituents is 3. The van der Waals surface area contributed by atoms with Crippen LogP contribution in [0.5, 0.6) is 17.2 Å². The first kappa shape index (κ1) is 77.3. The molecule has 0 aliphatic carbocycles. The van der Waals surface area contributed by atoms with Crippen LogP contribution in [0.25, 0.3) is 0 Å². The summed E-state index contributed by atoms with van der Waals surface area (Å²) in [6.07, 6.45) is 18.8. The maximum Gasteiger partial charge on any atom is 0.303 e. The highest BCUT2D eigenvalue weighted by Gasteiger charge is 2.26. The molecule has 14 nitrogen and oxygen atoms in total. The van der Waals surface area contributed by atoms with E-state index in [1.165, 1.54) is 70.6 Å². The first-order valence-electron chi connectivity index (χ1n) is 29.4. The average Bonchev–Trinajstić information content (AvgIpc) is 3.38. The molecular weight excluding hydrogens is 1040 g/mol. The average molecular weight is 1150 g/mol. The Morgan fingerprint density at radius 1 is 0.375 bits per heavy atom. The van der Waals surface area contributed by atoms with Gasteiger partial charge in [-0.3, -0.25) is 14.4 Å². The molecule has 80 heavy (non-hydrogen) atoms. The number of thiocarbonyl (C=S) groups is 1. The van der Waals surface area contributed by atoms with Gasteiger partial charge in [-0.2, -0.15) is 0 Å². The number of aliphatic hydroxyl groups excluding tert-OH is 5. The topological polar surface area (TPSA) is 274 Å². The van der Waals surface area contributed by atoms with Crippen molar-refractivity contribution in [3.8, 4) is 17.2 Å². The molecule has 11 N–H and O–H groups in total. The summed E-state index contributed by atoms with van der Waals surface area (Å²) in [7, 11) is 0. The minimum absolute atomic E-state index is 0.125. The van der Waals surface area contributed by atoms with Crippen molar-refractivity contribution in [2.75, 3.05) is 26.4 Å². The number of benzene rings is 3. The molecule has 0 amide bonds. The van der Waals surface area contributed by atoms with Crippen LogP contribution in [0, 0.1) is 5.41 Å². The molecule has 0 aliphatic rings. The van der Waals surface area contributed by atoms with Gasteiger partial charge in [-0.1, -0.05) is 197 Å². The third-order valence-corrected chi connectivity index (χ3v) is 14.1. The number of aryl methyl sites for hydroxylation is 3. The van der Waals surface area contributed by atoms with Crippen molar-refractivity contribution in [2.45, 2.75) is 248 Å². The largest absolute Gasteiger partial charge is 0.507 e. The zero-order valence-corrected chi connectivity index (χ0v) is 52.1. The summed E-state index contributed by atoms with van der Waals surface area (Å²) in [5.41, 5.74) is 7.28. The minimum atomic E-state index is -1.11. The number of aliphatic carboxylic acids is 3. The molecule has 0 bridgehead atoms. The first-order chi connectivity index (χ1) is 37.5. The summed E-state index contributed by atoms with van der Waals surface area (Å²) in [6, 6.07) is 11.6. The van der Waals surface area contributed by atoms with Crippen molar-refractivity contribution in [1.29, 1.82) is 0 Å². The predicted octanol–water partition coefficient (Wildman–Crippen LogP) is 14.9. The van der Waals surface area contributed by atoms with Crippen molar-refractivity contribution in [2.24, 2.45) is 5.41 Å². The normalized spacial score (nSPS) is 11.2. The molecule has 0 spiro atoms. The van der Waals surface area contributed by atoms with Gasteiger partial charge in [0.05, 0.1) is 31.8 Å². The van der Waals surface area contributed by atoms with Crippen molar-refractivity contribution < 1.29 is 70.6 Å². The van der Waals surface area contributed by atoms with Gasteiger partial charge < -0.3 is 56.2 Å². The molecule has 3 rings (SSSR count). The number of hydrogen-bond donors (Lipinski definition) is 11. The Kier molecular flexibility index (Phi) is 41.5. The molecule has 458 valence electrons. The molecule has 0 saturated heterocycles. The highest BCUT2D eigenvalue weighted by atomic mass is 32.1. The number of phenols is 3. The lowest BCUT2D eigenvalue weighted by Gasteiger charge is -2.23. The third-order valence-electron chi connectivity index (χ3n) is 13.9. The Hall–Kier alpha value is -4.80. The molecule has 0 atom stereocenters. The number of carbonyl (C=O) groups is 3. The van der Waals surface area contributed by atoms with E-state index in [1.54, 1.807) is 0 Å². The Labute approximate surface area is 486 Å². The Bertz CT molecular complexity index is 1910. The van der Waals surface area contributed by atoms with Crippen molar-refractivity contribution >= 4 is 35.2 Å². The summed E-state index contributed by atoms with van der Waals surface area (Å²) in [5, 5.41) is 99.9. The highest BCUT2D eigenvalue weighted by Crippen LogP contribution is 2.37. The number of carboxylic acids is 3. The summed E-state index contributed by atoms with van der Waals surface area (Å²) in [5.74, 6) is 0.0803. The first-order valence-corrected chi connectivity index (χ1v) is 29.8. The molecule has 0 aliphatic heterocycles. The number of unbranched alkanes of at least 4 members (excludes halogenated alkanes) is 11. The van der Waals surface area contributed by atoms with E-state index in [9.17, 15) is 29.7 Å². The fraction of sp³-hybridized carbons (Fsp3) is 0.662. The number of aliphatic hydroxyl groups is 5. The number of carboxylic acid groups (broad SMARTS) is 3. The molecule has 0 radical (unpaired) electrons. The fourth-order valence-corrected chi connectivity index (χ4v) is 8.62. The van der Waals surface area contributed by atoms with Crippen molar-refractivity contribution in [3.05, 3.63) is 86.5 Å². The van der Waals surface area contributed by atoms with Gasteiger partial charge in [-0.15, -0.1) is 0 Å². The number of hydrogen-bond acceptors (Lipinski definition) is 11. The van der Waals surface area contributed by atoms with E-state index in [2.05, 4.69) is 19.1 Å². The highest BCUT2D eigenvalue weighted by molar-refractivity contribution is 7.80. The lowest BCUT2D eigenvalue weighted by Crippen LogP contribution is -2.37. The van der Waals surface area contributed by atoms with E-state index in [0.29, 0.717) is 42.9 Å². The maximum atomic E-state index is 10.6. The Balaban J connectivity index is 0. The summed E-state index contributed by atoms with van der Waals surface area (Å²) in [6.45, 7) is 25.0. The number of rotatable bonds is 32. The van der Waals surface area contributed by atoms with Gasteiger partial charge in [0.2, 0.25) is 0 Å². The van der Waals surface area contributed by atoms with E-state index in [4.69, 9.17) is 40.9 Å². The van der Waals surface area contributed by atoms with Gasteiger partial charge >= 0.3 is 17.9 Å². The van der Waals surface area contributed by atoms with Crippen LogP contribution in [0.3, 0.4) is 0 Å². The van der Waals surface area contributed by atoms with Crippen LogP contribution in [0.1, 0.15) is 278 Å². The molecule has 15 heteroatoms. The Morgan fingerprint density at radius 3 is 0.725 bits per heavy atom. The molecule has 0 aromatic heterocycles. The lowest BCUT2D eigenvalue weighted by molar-refractivity contribution is -0.138. The predicted molar refractivity (Wildman–Crippen MR) is 328 cm³/mol.